The number of halogens is 1. The quantitative estimate of drug-likeness (QED) is 0.821. The summed E-state index contributed by atoms with van der Waals surface area (Å²) in [6, 6.07) is 3.46. The summed E-state index contributed by atoms with van der Waals surface area (Å²) in [4.78, 5) is 7.31. The van der Waals surface area contributed by atoms with Crippen molar-refractivity contribution in [3.63, 3.8) is 0 Å². The van der Waals surface area contributed by atoms with Gasteiger partial charge in [-0.15, -0.1) is 0 Å². The fourth-order valence-corrected chi connectivity index (χ4v) is 2.93. The summed E-state index contributed by atoms with van der Waals surface area (Å²) < 4.78 is 1.07. The molecule has 1 N–H and O–H groups in total. The summed E-state index contributed by atoms with van der Waals surface area (Å²) in [6.07, 6.45) is 7.41. The fraction of sp³-hybridized carbons (Fsp3) is 0.688. The molecular formula is C16H24BrN3. The van der Waals surface area contributed by atoms with Crippen LogP contribution in [0.1, 0.15) is 45.1 Å². The Morgan fingerprint density at radius 3 is 2.70 bits per heavy atom. The van der Waals surface area contributed by atoms with E-state index in [9.17, 15) is 0 Å². The van der Waals surface area contributed by atoms with Crippen LogP contribution in [0.5, 0.6) is 0 Å². The molecule has 20 heavy (non-hydrogen) atoms. The minimum atomic E-state index is 0.500. The molecule has 2 aliphatic carbocycles. The van der Waals surface area contributed by atoms with E-state index in [1.807, 2.05) is 6.20 Å². The molecule has 0 unspecified atom stereocenters. The van der Waals surface area contributed by atoms with E-state index in [1.54, 1.807) is 0 Å². The number of nitrogens with one attached hydrogen (secondary N) is 1. The second kappa shape index (κ2) is 6.02. The first kappa shape index (κ1) is 14.3. The fourth-order valence-electron chi connectivity index (χ4n) is 2.55. The number of aromatic nitrogens is 1. The predicted molar refractivity (Wildman–Crippen MR) is 87.0 cm³/mol. The zero-order valence-corrected chi connectivity index (χ0v) is 14.0. The molecule has 0 aromatic carbocycles. The highest BCUT2D eigenvalue weighted by Gasteiger charge is 2.35. The van der Waals surface area contributed by atoms with Gasteiger partial charge in [-0.05, 0) is 53.6 Å². The third-order valence-electron chi connectivity index (χ3n) is 4.02. The molecule has 0 bridgehead atoms. The number of hydrogen-bond acceptors (Lipinski definition) is 3. The van der Waals surface area contributed by atoms with E-state index in [0.29, 0.717) is 6.04 Å². The molecule has 1 aromatic rings. The molecule has 3 rings (SSSR count). The first-order valence-electron chi connectivity index (χ1n) is 7.78. The molecule has 1 heterocycles. The van der Waals surface area contributed by atoms with Crippen LogP contribution in [-0.4, -0.2) is 23.6 Å². The molecule has 0 atom stereocenters. The van der Waals surface area contributed by atoms with Gasteiger partial charge < -0.3 is 10.2 Å². The summed E-state index contributed by atoms with van der Waals surface area (Å²) in [7, 11) is 0. The van der Waals surface area contributed by atoms with E-state index in [-0.39, 0.29) is 0 Å². The van der Waals surface area contributed by atoms with Gasteiger partial charge in [0.05, 0.1) is 0 Å². The number of rotatable bonds is 7. The van der Waals surface area contributed by atoms with Crippen molar-refractivity contribution in [2.24, 2.45) is 5.92 Å². The lowest BCUT2D eigenvalue weighted by Gasteiger charge is -2.26. The van der Waals surface area contributed by atoms with Crippen molar-refractivity contribution in [1.82, 2.24) is 10.3 Å². The van der Waals surface area contributed by atoms with E-state index in [0.717, 1.165) is 23.0 Å². The molecule has 0 radical (unpaired) electrons. The average Bonchev–Trinajstić information content (AvgIpc) is 3.26. The van der Waals surface area contributed by atoms with Gasteiger partial charge in [-0.2, -0.15) is 0 Å². The molecule has 0 spiro atoms. The number of pyridine rings is 1. The molecular weight excluding hydrogens is 314 g/mol. The zero-order chi connectivity index (χ0) is 14.1. The van der Waals surface area contributed by atoms with Crippen LogP contribution in [0.4, 0.5) is 5.82 Å². The van der Waals surface area contributed by atoms with E-state index >= 15 is 0 Å². The topological polar surface area (TPSA) is 28.2 Å². The number of nitrogens with zero attached hydrogens (tertiary/aromatic N) is 2. The highest BCUT2D eigenvalue weighted by Crippen LogP contribution is 2.38. The van der Waals surface area contributed by atoms with Crippen LogP contribution >= 0.6 is 15.9 Å². The second-order valence-electron chi connectivity index (χ2n) is 6.50. The Labute approximate surface area is 130 Å². The van der Waals surface area contributed by atoms with Crippen molar-refractivity contribution in [2.45, 2.75) is 58.2 Å². The lowest BCUT2D eigenvalue weighted by molar-refractivity contribution is 0.585. The van der Waals surface area contributed by atoms with Crippen LogP contribution in [0.15, 0.2) is 16.7 Å². The Kier molecular flexibility index (Phi) is 4.32. The van der Waals surface area contributed by atoms with E-state index < -0.39 is 0 Å². The summed E-state index contributed by atoms with van der Waals surface area (Å²) in [5.74, 6) is 2.11. The second-order valence-corrected chi connectivity index (χ2v) is 7.41. The van der Waals surface area contributed by atoms with Gasteiger partial charge >= 0.3 is 0 Å². The van der Waals surface area contributed by atoms with Gasteiger partial charge in [-0.1, -0.05) is 13.8 Å². The molecule has 0 saturated heterocycles. The molecule has 0 aliphatic heterocycles. The normalized spacial score (nSPS) is 18.6. The lowest BCUT2D eigenvalue weighted by Crippen LogP contribution is -2.31. The third-order valence-corrected chi connectivity index (χ3v) is 4.46. The molecule has 2 fully saturated rings. The van der Waals surface area contributed by atoms with E-state index in [4.69, 9.17) is 4.98 Å². The van der Waals surface area contributed by atoms with Crippen molar-refractivity contribution in [3.8, 4) is 0 Å². The predicted octanol–water partition coefficient (Wildman–Crippen LogP) is 3.72. The Balaban J connectivity index is 1.81. The van der Waals surface area contributed by atoms with Crippen molar-refractivity contribution in [1.29, 1.82) is 0 Å². The van der Waals surface area contributed by atoms with Gasteiger partial charge in [0.1, 0.15) is 5.82 Å². The molecule has 110 valence electrons. The first-order chi connectivity index (χ1) is 9.63. The summed E-state index contributed by atoms with van der Waals surface area (Å²) in [5, 5.41) is 3.53. The van der Waals surface area contributed by atoms with E-state index in [1.165, 1.54) is 43.6 Å². The minimum absolute atomic E-state index is 0.500. The van der Waals surface area contributed by atoms with Crippen LogP contribution in [0, 0.1) is 5.92 Å². The standard InChI is InChI=1S/C16H24BrN3/c1-11(2)18-8-13-7-14(17)9-19-16(13)20(15-5-6-15)10-12-3-4-12/h7,9,11-12,15,18H,3-6,8,10H2,1-2H3. The van der Waals surface area contributed by atoms with Gasteiger partial charge in [0.25, 0.3) is 0 Å². The van der Waals surface area contributed by atoms with Crippen molar-refractivity contribution < 1.29 is 0 Å². The third kappa shape index (κ3) is 3.73. The van der Waals surface area contributed by atoms with Crippen molar-refractivity contribution in [3.05, 3.63) is 22.3 Å². The van der Waals surface area contributed by atoms with Gasteiger partial charge in [0.2, 0.25) is 0 Å². The average molecular weight is 338 g/mol. The van der Waals surface area contributed by atoms with Crippen LogP contribution in [0.25, 0.3) is 0 Å². The summed E-state index contributed by atoms with van der Waals surface area (Å²) >= 11 is 3.56. The van der Waals surface area contributed by atoms with Crippen LogP contribution < -0.4 is 10.2 Å². The Bertz CT molecular complexity index is 467. The van der Waals surface area contributed by atoms with E-state index in [2.05, 4.69) is 46.1 Å². The van der Waals surface area contributed by atoms with Gasteiger partial charge in [0, 0.05) is 41.4 Å². The Hall–Kier alpha value is -0.610. The van der Waals surface area contributed by atoms with Crippen LogP contribution in [-0.2, 0) is 6.54 Å². The van der Waals surface area contributed by atoms with Gasteiger partial charge in [0.15, 0.2) is 0 Å². The van der Waals surface area contributed by atoms with Gasteiger partial charge in [-0.3, -0.25) is 0 Å². The van der Waals surface area contributed by atoms with Gasteiger partial charge in [-0.25, -0.2) is 4.98 Å². The molecule has 4 heteroatoms. The Morgan fingerprint density at radius 2 is 2.10 bits per heavy atom. The largest absolute Gasteiger partial charge is 0.353 e. The van der Waals surface area contributed by atoms with Crippen LogP contribution in [0.3, 0.4) is 0 Å². The SMILES string of the molecule is CC(C)NCc1cc(Br)cnc1N(CC1CC1)C1CC1. The highest BCUT2D eigenvalue weighted by molar-refractivity contribution is 9.10. The van der Waals surface area contributed by atoms with Crippen molar-refractivity contribution in [2.75, 3.05) is 11.4 Å². The molecule has 0 amide bonds. The number of anilines is 1. The maximum atomic E-state index is 4.74. The minimum Gasteiger partial charge on any atom is -0.353 e. The zero-order valence-electron chi connectivity index (χ0n) is 12.4. The number of hydrogen-bond donors (Lipinski definition) is 1. The molecule has 2 aliphatic rings. The monoisotopic (exact) mass is 337 g/mol. The van der Waals surface area contributed by atoms with Crippen molar-refractivity contribution >= 4 is 21.7 Å². The summed E-state index contributed by atoms with van der Waals surface area (Å²) in [5.41, 5.74) is 1.32. The Morgan fingerprint density at radius 1 is 1.35 bits per heavy atom. The first-order valence-corrected chi connectivity index (χ1v) is 8.57. The molecule has 1 aromatic heterocycles. The lowest BCUT2D eigenvalue weighted by atomic mass is 10.2. The molecule has 2 saturated carbocycles. The highest BCUT2D eigenvalue weighted by atomic mass is 79.9. The smallest absolute Gasteiger partial charge is 0.133 e. The summed E-state index contributed by atoms with van der Waals surface area (Å²) in [6.45, 7) is 6.48. The maximum Gasteiger partial charge on any atom is 0.133 e. The van der Waals surface area contributed by atoms with Crippen LogP contribution in [0.2, 0.25) is 0 Å². The molecule has 3 nitrogen and oxygen atoms in total. The maximum absolute atomic E-state index is 4.74.